The lowest BCUT2D eigenvalue weighted by Gasteiger charge is -2.12. The number of rotatable bonds is 5. The minimum absolute atomic E-state index is 0.00335. The van der Waals surface area contributed by atoms with Crippen LogP contribution in [0.2, 0.25) is 0 Å². The highest BCUT2D eigenvalue weighted by Crippen LogP contribution is 2.34. The molecule has 25 heavy (non-hydrogen) atoms. The van der Waals surface area contributed by atoms with Crippen LogP contribution in [0.5, 0.6) is 5.75 Å². The van der Waals surface area contributed by atoms with Crippen molar-refractivity contribution in [2.45, 2.75) is 20.4 Å². The summed E-state index contributed by atoms with van der Waals surface area (Å²) in [4.78, 5) is 19.7. The average molecular weight is 355 g/mol. The molecule has 2 aromatic rings. The summed E-state index contributed by atoms with van der Waals surface area (Å²) in [5.41, 5.74) is 1.83. The number of carbonyl (C=O) groups is 1. The van der Waals surface area contributed by atoms with Crippen LogP contribution < -0.4 is 4.74 Å². The van der Waals surface area contributed by atoms with E-state index in [0.717, 1.165) is 23.7 Å². The number of carbonyl (C=O) groups excluding carboxylic acids is 1. The fourth-order valence-electron chi connectivity index (χ4n) is 2.62. The number of aromatic nitrogens is 1. The normalized spacial score (nSPS) is 17.7. The third kappa shape index (κ3) is 3.64. The van der Waals surface area contributed by atoms with Crippen molar-refractivity contribution in [1.82, 2.24) is 9.47 Å². The quantitative estimate of drug-likeness (QED) is 0.757. The molecule has 1 aliphatic rings. The Morgan fingerprint density at radius 2 is 1.92 bits per heavy atom. The van der Waals surface area contributed by atoms with E-state index in [9.17, 15) is 4.79 Å². The number of amidine groups is 1. The molecule has 2 heterocycles. The molecular weight excluding hydrogens is 334 g/mol. The molecule has 3 rings (SSSR count). The largest absolute Gasteiger partial charge is 0.497 e. The van der Waals surface area contributed by atoms with Gasteiger partial charge in [-0.1, -0.05) is 0 Å². The number of aryl methyl sites for hydroxylation is 1. The molecule has 0 N–H and O–H groups in total. The van der Waals surface area contributed by atoms with Crippen LogP contribution in [-0.4, -0.2) is 34.2 Å². The lowest BCUT2D eigenvalue weighted by Crippen LogP contribution is -2.28. The van der Waals surface area contributed by atoms with E-state index in [4.69, 9.17) is 4.74 Å². The Balaban J connectivity index is 1.90. The van der Waals surface area contributed by atoms with Gasteiger partial charge in [-0.25, -0.2) is 4.99 Å². The van der Waals surface area contributed by atoms with E-state index >= 15 is 0 Å². The third-order valence-electron chi connectivity index (χ3n) is 3.99. The fraction of sp³-hybridized carbons (Fsp3) is 0.263. The summed E-state index contributed by atoms with van der Waals surface area (Å²) in [6.07, 6.45) is 3.95. The Hall–Kier alpha value is -2.47. The molecule has 0 spiro atoms. The molecule has 1 aromatic carbocycles. The van der Waals surface area contributed by atoms with Crippen LogP contribution in [0.15, 0.2) is 52.5 Å². The molecule has 6 heteroatoms. The van der Waals surface area contributed by atoms with Gasteiger partial charge in [-0.2, -0.15) is 0 Å². The van der Waals surface area contributed by atoms with Crippen LogP contribution >= 0.6 is 11.8 Å². The lowest BCUT2D eigenvalue weighted by atomic mass is 10.3. The van der Waals surface area contributed by atoms with Gasteiger partial charge in [0.05, 0.1) is 17.7 Å². The second-order valence-electron chi connectivity index (χ2n) is 5.47. The molecule has 0 radical (unpaired) electrons. The van der Waals surface area contributed by atoms with Crippen molar-refractivity contribution >= 4 is 34.6 Å². The van der Waals surface area contributed by atoms with Gasteiger partial charge >= 0.3 is 0 Å². The van der Waals surface area contributed by atoms with Crippen molar-refractivity contribution in [2.75, 3.05) is 13.7 Å². The fourth-order valence-corrected chi connectivity index (χ4v) is 3.67. The van der Waals surface area contributed by atoms with Gasteiger partial charge in [0.2, 0.25) is 0 Å². The minimum Gasteiger partial charge on any atom is -0.497 e. The summed E-state index contributed by atoms with van der Waals surface area (Å²) >= 11 is 1.42. The van der Waals surface area contributed by atoms with Crippen LogP contribution in [0.3, 0.4) is 0 Å². The number of hydrogen-bond donors (Lipinski definition) is 0. The standard InChI is InChI=1S/C19H21N3O2S/c1-4-21-12-6-7-15(21)13-17-18(23)22(5-2)19(25-17)20-14-8-10-16(24-3)11-9-14/h6-13H,4-5H2,1-3H3/b17-13+,20-19?. The molecule has 0 bridgehead atoms. The Morgan fingerprint density at radius 3 is 2.56 bits per heavy atom. The van der Waals surface area contributed by atoms with Gasteiger partial charge in [0.1, 0.15) is 5.75 Å². The first-order valence-corrected chi connectivity index (χ1v) is 9.07. The highest BCUT2D eigenvalue weighted by Gasteiger charge is 2.32. The highest BCUT2D eigenvalue weighted by molar-refractivity contribution is 8.18. The summed E-state index contributed by atoms with van der Waals surface area (Å²) in [6.45, 7) is 5.50. The molecule has 1 amide bonds. The third-order valence-corrected chi connectivity index (χ3v) is 4.99. The van der Waals surface area contributed by atoms with E-state index in [1.807, 2.05) is 55.6 Å². The number of methoxy groups -OCH3 is 1. The molecule has 0 aliphatic carbocycles. The van der Waals surface area contributed by atoms with Gasteiger partial charge in [0, 0.05) is 25.0 Å². The van der Waals surface area contributed by atoms with E-state index < -0.39 is 0 Å². The molecule has 0 atom stereocenters. The van der Waals surface area contributed by atoms with E-state index in [2.05, 4.69) is 16.5 Å². The molecule has 0 saturated carbocycles. The monoisotopic (exact) mass is 355 g/mol. The number of aliphatic imine (C=N–C) groups is 1. The van der Waals surface area contributed by atoms with Crippen LogP contribution in [0.4, 0.5) is 5.69 Å². The number of hydrogen-bond acceptors (Lipinski definition) is 4. The van der Waals surface area contributed by atoms with Crippen LogP contribution in [0, 0.1) is 0 Å². The molecule has 0 unspecified atom stereocenters. The van der Waals surface area contributed by atoms with Gasteiger partial charge in [0.15, 0.2) is 5.17 Å². The number of thioether (sulfide) groups is 1. The van der Waals surface area contributed by atoms with E-state index in [0.29, 0.717) is 16.6 Å². The maximum Gasteiger partial charge on any atom is 0.266 e. The van der Waals surface area contributed by atoms with Gasteiger partial charge < -0.3 is 9.30 Å². The van der Waals surface area contributed by atoms with Gasteiger partial charge in [-0.05, 0) is 68.1 Å². The second-order valence-corrected chi connectivity index (χ2v) is 6.48. The summed E-state index contributed by atoms with van der Waals surface area (Å²) in [5.74, 6) is 0.788. The van der Waals surface area contributed by atoms with Gasteiger partial charge in [-0.15, -0.1) is 0 Å². The van der Waals surface area contributed by atoms with Crippen molar-refractivity contribution < 1.29 is 9.53 Å². The Morgan fingerprint density at radius 1 is 1.16 bits per heavy atom. The Labute approximate surface area is 152 Å². The number of nitrogens with zero attached hydrogens (tertiary/aromatic N) is 3. The second kappa shape index (κ2) is 7.61. The minimum atomic E-state index is 0.00335. The summed E-state index contributed by atoms with van der Waals surface area (Å²) < 4.78 is 7.27. The van der Waals surface area contributed by atoms with Crippen LogP contribution in [0.1, 0.15) is 19.5 Å². The van der Waals surface area contributed by atoms with E-state index in [1.54, 1.807) is 12.0 Å². The molecular formula is C19H21N3O2S. The van der Waals surface area contributed by atoms with Crippen molar-refractivity contribution in [3.63, 3.8) is 0 Å². The van der Waals surface area contributed by atoms with Gasteiger partial charge in [0.25, 0.3) is 5.91 Å². The first kappa shape index (κ1) is 17.4. The maximum atomic E-state index is 12.7. The van der Waals surface area contributed by atoms with Crippen molar-refractivity contribution in [2.24, 2.45) is 4.99 Å². The smallest absolute Gasteiger partial charge is 0.266 e. The Bertz CT molecular complexity index is 821. The number of amides is 1. The van der Waals surface area contributed by atoms with Crippen molar-refractivity contribution in [3.8, 4) is 5.75 Å². The van der Waals surface area contributed by atoms with Crippen LogP contribution in [-0.2, 0) is 11.3 Å². The predicted molar refractivity (Wildman–Crippen MR) is 103 cm³/mol. The Kier molecular flexibility index (Phi) is 5.28. The number of likely N-dealkylation sites (N-methyl/N-ethyl adjacent to an activating group) is 1. The van der Waals surface area contributed by atoms with Crippen LogP contribution in [0.25, 0.3) is 6.08 Å². The van der Waals surface area contributed by atoms with Crippen molar-refractivity contribution in [3.05, 3.63) is 53.2 Å². The number of ether oxygens (including phenoxy) is 1. The molecule has 1 saturated heterocycles. The van der Waals surface area contributed by atoms with Crippen molar-refractivity contribution in [1.29, 1.82) is 0 Å². The van der Waals surface area contributed by atoms with Gasteiger partial charge in [-0.3, -0.25) is 9.69 Å². The topological polar surface area (TPSA) is 46.8 Å². The first-order valence-electron chi connectivity index (χ1n) is 8.25. The molecule has 1 aliphatic heterocycles. The zero-order valence-electron chi connectivity index (χ0n) is 14.6. The first-order chi connectivity index (χ1) is 12.2. The molecule has 1 aromatic heterocycles. The zero-order chi connectivity index (χ0) is 17.8. The molecule has 130 valence electrons. The average Bonchev–Trinajstić information content (AvgIpc) is 3.20. The maximum absolute atomic E-state index is 12.7. The lowest BCUT2D eigenvalue weighted by molar-refractivity contribution is -0.122. The highest BCUT2D eigenvalue weighted by atomic mass is 32.2. The molecule has 5 nitrogen and oxygen atoms in total. The summed E-state index contributed by atoms with van der Waals surface area (Å²) in [5, 5.41) is 0.707. The predicted octanol–water partition coefficient (Wildman–Crippen LogP) is 4.14. The van der Waals surface area contributed by atoms with E-state index in [1.165, 1.54) is 11.8 Å². The summed E-state index contributed by atoms with van der Waals surface area (Å²) in [7, 11) is 1.63. The summed E-state index contributed by atoms with van der Waals surface area (Å²) in [6, 6.07) is 11.5. The zero-order valence-corrected chi connectivity index (χ0v) is 15.4. The molecule has 1 fully saturated rings. The van der Waals surface area contributed by atoms with E-state index in [-0.39, 0.29) is 5.91 Å². The SMILES string of the molecule is CCN1C(=O)/C(=C\c2cccn2CC)SC1=Nc1ccc(OC)cc1. The number of benzene rings is 1.